The fraction of sp³-hybridized carbons (Fsp3) is 0.875. The van der Waals surface area contributed by atoms with Gasteiger partial charge in [0.25, 0.3) is 10.2 Å². The van der Waals surface area contributed by atoms with E-state index in [0.717, 1.165) is 0 Å². The minimum Gasteiger partial charge on any atom is -0.205 e. The molecule has 0 aromatic carbocycles. The first-order chi connectivity index (χ1) is 6.44. The largest absolute Gasteiger partial charge is 0.279 e. The van der Waals surface area contributed by atoms with Crippen molar-refractivity contribution < 1.29 is 8.42 Å². The molecule has 0 atom stereocenters. The molecule has 0 saturated carbocycles. The number of hydrogen-bond donors (Lipinski definition) is 1. The van der Waals surface area contributed by atoms with Gasteiger partial charge in [-0.1, -0.05) is 13.8 Å². The van der Waals surface area contributed by atoms with Gasteiger partial charge in [0.1, 0.15) is 0 Å². The Kier molecular flexibility index (Phi) is 5.69. The van der Waals surface area contributed by atoms with E-state index < -0.39 is 10.2 Å². The molecule has 0 fully saturated rings. The van der Waals surface area contributed by atoms with Crippen LogP contribution in [0, 0.1) is 17.2 Å². The summed E-state index contributed by atoms with van der Waals surface area (Å²) in [7, 11) is -2.03. The molecule has 0 saturated heterocycles. The summed E-state index contributed by atoms with van der Waals surface area (Å²) in [5.41, 5.74) is 0. The molecule has 0 unspecified atom stereocenters. The van der Waals surface area contributed by atoms with Gasteiger partial charge in [-0.2, -0.15) is 18.0 Å². The van der Waals surface area contributed by atoms with Crippen LogP contribution < -0.4 is 4.72 Å². The summed E-state index contributed by atoms with van der Waals surface area (Å²) in [6.45, 7) is 4.55. The maximum Gasteiger partial charge on any atom is 0.279 e. The normalized spacial score (nSPS) is 12.0. The summed E-state index contributed by atoms with van der Waals surface area (Å²) in [4.78, 5) is 0. The van der Waals surface area contributed by atoms with E-state index in [1.165, 1.54) is 11.4 Å². The van der Waals surface area contributed by atoms with Gasteiger partial charge in [0.15, 0.2) is 0 Å². The van der Waals surface area contributed by atoms with Crippen LogP contribution in [0.2, 0.25) is 0 Å². The molecule has 82 valence electrons. The predicted octanol–water partition coefficient (Wildman–Crippen LogP) is 0.322. The minimum absolute atomic E-state index is 0.216. The van der Waals surface area contributed by atoms with Gasteiger partial charge in [-0.15, -0.1) is 0 Å². The van der Waals surface area contributed by atoms with E-state index in [9.17, 15) is 8.42 Å². The van der Waals surface area contributed by atoms with Crippen molar-refractivity contribution in [1.29, 1.82) is 5.26 Å². The second-order valence-corrected chi connectivity index (χ2v) is 5.24. The van der Waals surface area contributed by atoms with Gasteiger partial charge < -0.3 is 0 Å². The van der Waals surface area contributed by atoms with E-state index in [0.29, 0.717) is 6.54 Å². The number of nitrogens with one attached hydrogen (secondary N) is 1. The van der Waals surface area contributed by atoms with E-state index in [-0.39, 0.29) is 18.9 Å². The fourth-order valence-corrected chi connectivity index (χ4v) is 2.10. The minimum atomic E-state index is -3.40. The van der Waals surface area contributed by atoms with Crippen LogP contribution in [0.5, 0.6) is 0 Å². The smallest absolute Gasteiger partial charge is 0.205 e. The van der Waals surface area contributed by atoms with Crippen LogP contribution in [0.3, 0.4) is 0 Å². The van der Waals surface area contributed by atoms with Gasteiger partial charge in [0.2, 0.25) is 0 Å². The molecule has 1 N–H and O–H groups in total. The lowest BCUT2D eigenvalue weighted by Crippen LogP contribution is -2.41. The molecule has 0 aromatic heterocycles. The molecule has 14 heavy (non-hydrogen) atoms. The van der Waals surface area contributed by atoms with Gasteiger partial charge in [-0.25, -0.2) is 4.72 Å². The lowest BCUT2D eigenvalue weighted by atomic mass is 10.2. The van der Waals surface area contributed by atoms with E-state index in [1.54, 1.807) is 0 Å². The van der Waals surface area contributed by atoms with Gasteiger partial charge in [-0.05, 0) is 5.92 Å². The van der Waals surface area contributed by atoms with Gasteiger partial charge in [0, 0.05) is 26.6 Å². The van der Waals surface area contributed by atoms with E-state index >= 15 is 0 Å². The summed E-state index contributed by atoms with van der Waals surface area (Å²) in [5.74, 6) is 0.247. The zero-order valence-electron chi connectivity index (χ0n) is 8.82. The first kappa shape index (κ1) is 13.4. The van der Waals surface area contributed by atoms with Crippen LogP contribution in [-0.4, -0.2) is 32.9 Å². The summed E-state index contributed by atoms with van der Waals surface area (Å²) in [6.07, 6.45) is 0.216. The average molecular weight is 219 g/mol. The Morgan fingerprint density at radius 2 is 2.07 bits per heavy atom. The standard InChI is InChI=1S/C8H17N3O2S/c1-8(2)7-11(6-4-5-9)14(12,13)10-3/h8,10H,4,6-7H2,1-3H3. The van der Waals surface area contributed by atoms with Crippen molar-refractivity contribution in [2.75, 3.05) is 20.1 Å². The van der Waals surface area contributed by atoms with Crippen molar-refractivity contribution in [3.05, 3.63) is 0 Å². The second kappa shape index (κ2) is 5.96. The summed E-state index contributed by atoms with van der Waals surface area (Å²) < 4.78 is 26.4. The Hall–Kier alpha value is -0.640. The summed E-state index contributed by atoms with van der Waals surface area (Å²) >= 11 is 0. The fourth-order valence-electron chi connectivity index (χ4n) is 1.02. The van der Waals surface area contributed by atoms with Gasteiger partial charge in [0.05, 0.1) is 6.07 Å². The molecular weight excluding hydrogens is 202 g/mol. The van der Waals surface area contributed by atoms with Gasteiger partial charge in [-0.3, -0.25) is 0 Å². The average Bonchev–Trinajstić information content (AvgIpc) is 2.11. The van der Waals surface area contributed by atoms with Crippen LogP contribution >= 0.6 is 0 Å². The highest BCUT2D eigenvalue weighted by Gasteiger charge is 2.20. The monoisotopic (exact) mass is 219 g/mol. The van der Waals surface area contributed by atoms with Crippen LogP contribution in [0.25, 0.3) is 0 Å². The van der Waals surface area contributed by atoms with Crippen molar-refractivity contribution in [2.45, 2.75) is 20.3 Å². The Balaban J connectivity index is 4.48. The lowest BCUT2D eigenvalue weighted by Gasteiger charge is -2.21. The third-order valence-corrected chi connectivity index (χ3v) is 3.17. The van der Waals surface area contributed by atoms with E-state index in [1.807, 2.05) is 19.9 Å². The van der Waals surface area contributed by atoms with Crippen LogP contribution in [-0.2, 0) is 10.2 Å². The third kappa shape index (κ3) is 4.56. The van der Waals surface area contributed by atoms with E-state index in [4.69, 9.17) is 5.26 Å². The predicted molar refractivity (Wildman–Crippen MR) is 54.6 cm³/mol. The van der Waals surface area contributed by atoms with Crippen molar-refractivity contribution in [3.63, 3.8) is 0 Å². The highest BCUT2D eigenvalue weighted by molar-refractivity contribution is 7.87. The highest BCUT2D eigenvalue weighted by atomic mass is 32.2. The Bertz CT molecular complexity index is 292. The topological polar surface area (TPSA) is 73.2 Å². The molecule has 0 amide bonds. The second-order valence-electron chi connectivity index (χ2n) is 3.37. The molecular formula is C8H17N3O2S. The number of nitrogens with zero attached hydrogens (tertiary/aromatic N) is 2. The molecule has 0 heterocycles. The number of rotatable bonds is 6. The first-order valence-corrected chi connectivity index (χ1v) is 5.93. The van der Waals surface area contributed by atoms with Crippen LogP contribution in [0.1, 0.15) is 20.3 Å². The van der Waals surface area contributed by atoms with Crippen LogP contribution in [0.15, 0.2) is 0 Å². The molecule has 6 heteroatoms. The number of hydrogen-bond acceptors (Lipinski definition) is 3. The molecule has 5 nitrogen and oxygen atoms in total. The third-order valence-electron chi connectivity index (χ3n) is 1.64. The quantitative estimate of drug-likeness (QED) is 0.699. The molecule has 0 aromatic rings. The van der Waals surface area contributed by atoms with Crippen molar-refractivity contribution in [3.8, 4) is 6.07 Å². The molecule has 0 spiro atoms. The van der Waals surface area contributed by atoms with Crippen molar-refractivity contribution in [2.24, 2.45) is 5.92 Å². The Morgan fingerprint density at radius 3 is 2.43 bits per heavy atom. The van der Waals surface area contributed by atoms with Crippen molar-refractivity contribution in [1.82, 2.24) is 9.03 Å². The Labute approximate surface area is 85.9 Å². The van der Waals surface area contributed by atoms with Crippen molar-refractivity contribution >= 4 is 10.2 Å². The summed E-state index contributed by atoms with van der Waals surface area (Å²) in [5, 5.41) is 8.40. The van der Waals surface area contributed by atoms with Gasteiger partial charge >= 0.3 is 0 Å². The first-order valence-electron chi connectivity index (χ1n) is 4.49. The maximum atomic E-state index is 11.4. The molecule has 0 aliphatic rings. The summed E-state index contributed by atoms with van der Waals surface area (Å²) in [6, 6.07) is 1.93. The maximum absolute atomic E-state index is 11.4. The lowest BCUT2D eigenvalue weighted by molar-refractivity contribution is 0.369. The number of nitriles is 1. The molecule has 0 aliphatic carbocycles. The SMILES string of the molecule is CNS(=O)(=O)N(CCC#N)CC(C)C. The molecule has 0 aliphatic heterocycles. The highest BCUT2D eigenvalue weighted by Crippen LogP contribution is 2.04. The Morgan fingerprint density at radius 1 is 1.50 bits per heavy atom. The van der Waals surface area contributed by atoms with Crippen LogP contribution in [0.4, 0.5) is 0 Å². The molecule has 0 rings (SSSR count). The molecule has 0 radical (unpaired) electrons. The van der Waals surface area contributed by atoms with E-state index in [2.05, 4.69) is 4.72 Å². The zero-order chi connectivity index (χ0) is 11.2. The zero-order valence-corrected chi connectivity index (χ0v) is 9.63. The molecule has 0 bridgehead atoms.